The normalized spacial score (nSPS) is 13.2. The van der Waals surface area contributed by atoms with E-state index in [2.05, 4.69) is 62.5 Å². The highest BCUT2D eigenvalue weighted by Crippen LogP contribution is 2.43. The summed E-state index contributed by atoms with van der Waals surface area (Å²) in [6.07, 6.45) is 99.9. The number of phosphoric ester groups is 1. The Balaban J connectivity index is 3.87. The highest BCUT2D eigenvalue weighted by Gasteiger charge is 2.27. The molecule has 0 saturated carbocycles. The molecule has 0 aliphatic carbocycles. The van der Waals surface area contributed by atoms with Crippen molar-refractivity contribution in [3.63, 3.8) is 0 Å². The Bertz CT molecular complexity index is 1720. The predicted octanol–water partition coefficient (Wildman–Crippen LogP) is 27.5. The third-order valence-electron chi connectivity index (χ3n) is 18.8. The number of likely N-dealkylation sites (N-methyl/N-ethyl adjacent to an activating group) is 1. The second-order valence-electron chi connectivity index (χ2n) is 29.5. The van der Waals surface area contributed by atoms with Gasteiger partial charge in [-0.3, -0.25) is 18.6 Å². The van der Waals surface area contributed by atoms with Gasteiger partial charge < -0.3 is 18.9 Å². The van der Waals surface area contributed by atoms with Crippen LogP contribution in [-0.2, 0) is 32.7 Å². The van der Waals surface area contributed by atoms with E-state index in [1.54, 1.807) is 0 Å². The number of esters is 2. The molecule has 2 atom stereocenters. The smallest absolute Gasteiger partial charge is 0.462 e. The molecular weight excluding hydrogens is 1180 g/mol. The van der Waals surface area contributed by atoms with E-state index >= 15 is 0 Å². The molecule has 0 aromatic heterocycles. The van der Waals surface area contributed by atoms with Gasteiger partial charge in [-0.25, -0.2) is 4.57 Å². The number of quaternary nitrogens is 1. The zero-order chi connectivity index (χ0) is 68.3. The van der Waals surface area contributed by atoms with Gasteiger partial charge in [0.05, 0.1) is 27.7 Å². The Morgan fingerprint density at radius 3 is 0.840 bits per heavy atom. The highest BCUT2D eigenvalue weighted by molar-refractivity contribution is 7.47. The van der Waals surface area contributed by atoms with Gasteiger partial charge >= 0.3 is 19.8 Å². The maximum absolute atomic E-state index is 12.9. The lowest BCUT2D eigenvalue weighted by Gasteiger charge is -2.24. The van der Waals surface area contributed by atoms with Crippen molar-refractivity contribution in [2.45, 2.75) is 431 Å². The van der Waals surface area contributed by atoms with Crippen molar-refractivity contribution >= 4 is 19.8 Å². The Morgan fingerprint density at radius 1 is 0.330 bits per heavy atom. The molecule has 554 valence electrons. The summed E-state index contributed by atoms with van der Waals surface area (Å²) in [5.74, 6) is -0.773. The molecule has 0 aromatic rings. The SMILES string of the molecule is CCCCCCC/C=C\C/C=C\CCCCCCCCCCCCCCCCCCCCCCCCCCCCCCCC(=O)OC(COC(=O)CCCCCCCCCCCCCCCCCCC/C=C\C/C=C\CCCCCCC)COP(=O)(O)OCC[N+](C)(C)C. The van der Waals surface area contributed by atoms with Gasteiger partial charge in [-0.15, -0.1) is 0 Å². The molecule has 0 spiro atoms. The minimum absolute atomic E-state index is 0.0347. The summed E-state index contributed by atoms with van der Waals surface area (Å²) in [7, 11) is 1.50. The van der Waals surface area contributed by atoms with E-state index in [-0.39, 0.29) is 25.6 Å². The van der Waals surface area contributed by atoms with E-state index < -0.39 is 26.5 Å². The molecule has 0 aliphatic rings. The van der Waals surface area contributed by atoms with E-state index in [9.17, 15) is 19.0 Å². The first-order valence-corrected chi connectivity index (χ1v) is 42.9. The van der Waals surface area contributed by atoms with Gasteiger partial charge in [0.2, 0.25) is 0 Å². The van der Waals surface area contributed by atoms with Crippen molar-refractivity contribution in [2.75, 3.05) is 47.5 Å². The van der Waals surface area contributed by atoms with Gasteiger partial charge in [0.15, 0.2) is 6.10 Å². The van der Waals surface area contributed by atoms with E-state index in [1.807, 2.05) is 21.1 Å². The third kappa shape index (κ3) is 79.0. The van der Waals surface area contributed by atoms with Crippen LogP contribution in [0.3, 0.4) is 0 Å². The second kappa shape index (κ2) is 75.2. The van der Waals surface area contributed by atoms with Gasteiger partial charge in [0, 0.05) is 12.8 Å². The molecular formula is C84H161NO8P+. The average Bonchev–Trinajstić information content (AvgIpc) is 1.57. The summed E-state index contributed by atoms with van der Waals surface area (Å²) in [5, 5.41) is 0. The first-order valence-electron chi connectivity index (χ1n) is 41.4. The predicted molar refractivity (Wildman–Crippen MR) is 409 cm³/mol. The molecule has 0 saturated heterocycles. The second-order valence-corrected chi connectivity index (χ2v) is 31.0. The number of hydrogen-bond acceptors (Lipinski definition) is 7. The minimum Gasteiger partial charge on any atom is -0.462 e. The molecule has 0 rings (SSSR count). The quantitative estimate of drug-likeness (QED) is 0.0211. The first-order chi connectivity index (χ1) is 46.0. The van der Waals surface area contributed by atoms with Crippen molar-refractivity contribution in [3.8, 4) is 0 Å². The van der Waals surface area contributed by atoms with Crippen molar-refractivity contribution in [2.24, 2.45) is 0 Å². The molecule has 0 fully saturated rings. The lowest BCUT2D eigenvalue weighted by molar-refractivity contribution is -0.870. The molecule has 0 aliphatic heterocycles. The molecule has 10 heteroatoms. The van der Waals surface area contributed by atoms with E-state index in [0.29, 0.717) is 23.9 Å². The average molecular weight is 1340 g/mol. The van der Waals surface area contributed by atoms with Gasteiger partial charge in [-0.1, -0.05) is 383 Å². The van der Waals surface area contributed by atoms with Crippen LogP contribution in [0, 0.1) is 0 Å². The number of nitrogens with zero attached hydrogens (tertiary/aromatic N) is 1. The number of rotatable bonds is 78. The fourth-order valence-corrected chi connectivity index (χ4v) is 13.2. The monoisotopic (exact) mass is 1340 g/mol. The zero-order valence-corrected chi connectivity index (χ0v) is 64.4. The number of hydrogen-bond donors (Lipinski definition) is 1. The minimum atomic E-state index is -4.39. The molecule has 0 radical (unpaired) electrons. The van der Waals surface area contributed by atoms with Crippen LogP contribution in [0.5, 0.6) is 0 Å². The lowest BCUT2D eigenvalue weighted by atomic mass is 10.0. The van der Waals surface area contributed by atoms with Crippen molar-refractivity contribution in [3.05, 3.63) is 48.6 Å². The van der Waals surface area contributed by atoms with Crippen LogP contribution in [0.4, 0.5) is 0 Å². The largest absolute Gasteiger partial charge is 0.472 e. The van der Waals surface area contributed by atoms with Crippen LogP contribution in [-0.4, -0.2) is 74.9 Å². The molecule has 1 N–H and O–H groups in total. The van der Waals surface area contributed by atoms with Gasteiger partial charge in [0.25, 0.3) is 0 Å². The Morgan fingerprint density at radius 2 is 0.574 bits per heavy atom. The summed E-state index contributed by atoms with van der Waals surface area (Å²) in [6, 6.07) is 0. The van der Waals surface area contributed by atoms with Gasteiger partial charge in [0.1, 0.15) is 19.8 Å². The van der Waals surface area contributed by atoms with Crippen LogP contribution in [0.25, 0.3) is 0 Å². The van der Waals surface area contributed by atoms with E-state index in [4.69, 9.17) is 18.5 Å². The van der Waals surface area contributed by atoms with Gasteiger partial charge in [-0.05, 0) is 77.0 Å². The summed E-state index contributed by atoms with van der Waals surface area (Å²) in [4.78, 5) is 36.0. The first kappa shape index (κ1) is 92.0. The summed E-state index contributed by atoms with van der Waals surface area (Å²) < 4.78 is 34.8. The van der Waals surface area contributed by atoms with Crippen LogP contribution in [0.1, 0.15) is 425 Å². The number of allylic oxidation sites excluding steroid dienone is 8. The van der Waals surface area contributed by atoms with E-state index in [0.717, 1.165) is 44.9 Å². The maximum Gasteiger partial charge on any atom is 0.472 e. The zero-order valence-electron chi connectivity index (χ0n) is 63.5. The number of ether oxygens (including phenoxy) is 2. The topological polar surface area (TPSA) is 108 Å². The number of carbonyl (C=O) groups excluding carboxylic acids is 2. The molecule has 2 unspecified atom stereocenters. The fourth-order valence-electron chi connectivity index (χ4n) is 12.5. The van der Waals surface area contributed by atoms with Crippen LogP contribution in [0.15, 0.2) is 48.6 Å². The third-order valence-corrected chi connectivity index (χ3v) is 19.8. The van der Waals surface area contributed by atoms with Crippen molar-refractivity contribution in [1.82, 2.24) is 0 Å². The molecule has 0 bridgehead atoms. The molecule has 0 heterocycles. The van der Waals surface area contributed by atoms with E-state index in [1.165, 1.54) is 347 Å². The lowest BCUT2D eigenvalue weighted by Crippen LogP contribution is -2.37. The number of carbonyl (C=O) groups is 2. The summed E-state index contributed by atoms with van der Waals surface area (Å²) in [6.45, 7) is 4.49. The Kier molecular flexibility index (Phi) is 73.6. The van der Waals surface area contributed by atoms with Crippen molar-refractivity contribution in [1.29, 1.82) is 0 Å². The highest BCUT2D eigenvalue weighted by atomic mass is 31.2. The van der Waals surface area contributed by atoms with Crippen LogP contribution < -0.4 is 0 Å². The van der Waals surface area contributed by atoms with Gasteiger partial charge in [-0.2, -0.15) is 0 Å². The molecule has 0 aromatic carbocycles. The fraction of sp³-hybridized carbons (Fsp3) is 0.881. The summed E-state index contributed by atoms with van der Waals surface area (Å²) in [5.41, 5.74) is 0. The van der Waals surface area contributed by atoms with Crippen LogP contribution >= 0.6 is 7.82 Å². The molecule has 9 nitrogen and oxygen atoms in total. The molecule has 0 amide bonds. The number of phosphoric acid groups is 1. The Labute approximate surface area is 585 Å². The summed E-state index contributed by atoms with van der Waals surface area (Å²) >= 11 is 0. The van der Waals surface area contributed by atoms with Crippen LogP contribution in [0.2, 0.25) is 0 Å². The maximum atomic E-state index is 12.9. The molecule has 94 heavy (non-hydrogen) atoms. The van der Waals surface area contributed by atoms with Crippen molar-refractivity contribution < 1.29 is 42.1 Å². The Hall–Kier alpha value is -2.03. The number of unbranched alkanes of at least 4 members (excludes halogenated alkanes) is 56. The standard InChI is InChI=1S/C84H160NO8P/c1-6-8-10-12-14-16-18-20-22-24-26-28-30-32-34-36-37-38-39-40-41-42-43-44-45-46-47-49-51-53-55-57-59-61-63-65-67-69-71-73-75-77-84(87)93-82(81-92-94(88,89)91-79-78-85(3,4)5)80-90-83(86)76-74-72-70-68-66-64-62-60-58-56-54-52-50-48-35-33-31-29-27-25-23-21-19-17-15-13-11-9-7-2/h18-21,24-27,82H,6-17,22-23,28-81H2,1-5H3/p+1/b20-18-,21-19-,26-24-,27-25-.